The fourth-order valence-corrected chi connectivity index (χ4v) is 4.23. The van der Waals surface area contributed by atoms with E-state index in [2.05, 4.69) is 10.5 Å². The van der Waals surface area contributed by atoms with Crippen LogP contribution in [0.15, 0.2) is 57.9 Å². The van der Waals surface area contributed by atoms with Gasteiger partial charge < -0.3 is 14.6 Å². The molecule has 0 unspecified atom stereocenters. The third-order valence-corrected chi connectivity index (χ3v) is 6.12. The molecule has 7 nitrogen and oxygen atoms in total. The minimum absolute atomic E-state index is 0.00848. The van der Waals surface area contributed by atoms with Crippen molar-refractivity contribution in [3.8, 4) is 17.1 Å². The summed E-state index contributed by atoms with van der Waals surface area (Å²) in [6.07, 6.45) is -0.209. The van der Waals surface area contributed by atoms with E-state index in [1.807, 2.05) is 0 Å². The number of rotatable bonds is 7. The van der Waals surface area contributed by atoms with E-state index in [1.54, 1.807) is 49.4 Å². The maximum Gasteiger partial charge on any atom is 0.225 e. The maximum atomic E-state index is 12.9. The van der Waals surface area contributed by atoms with Gasteiger partial charge >= 0.3 is 0 Å². The van der Waals surface area contributed by atoms with Gasteiger partial charge in [-0.25, -0.2) is 8.42 Å². The van der Waals surface area contributed by atoms with Crippen LogP contribution in [0.2, 0.25) is 5.02 Å². The number of nitrogens with zero attached hydrogens (tertiary/aromatic N) is 1. The number of amides is 1. The highest BCUT2D eigenvalue weighted by Crippen LogP contribution is 2.31. The van der Waals surface area contributed by atoms with Gasteiger partial charge in [-0.3, -0.25) is 4.79 Å². The first-order valence-corrected chi connectivity index (χ1v) is 10.7. The van der Waals surface area contributed by atoms with Crippen LogP contribution in [-0.4, -0.2) is 32.3 Å². The zero-order chi connectivity index (χ0) is 21.0. The molecule has 1 N–H and O–H groups in total. The first-order valence-electron chi connectivity index (χ1n) is 8.68. The molecular formula is C20H19ClN2O5S. The molecule has 29 heavy (non-hydrogen) atoms. The van der Waals surface area contributed by atoms with Crippen molar-refractivity contribution in [3.63, 3.8) is 0 Å². The van der Waals surface area contributed by atoms with Gasteiger partial charge in [0.05, 0.1) is 18.6 Å². The number of hydrogen-bond donors (Lipinski definition) is 1. The van der Waals surface area contributed by atoms with Crippen molar-refractivity contribution in [2.45, 2.75) is 18.2 Å². The number of nitrogens with one attached hydrogen (secondary N) is 1. The lowest BCUT2D eigenvalue weighted by Crippen LogP contribution is -2.18. The molecule has 0 saturated heterocycles. The number of aromatic nitrogens is 1. The number of sulfone groups is 1. The van der Waals surface area contributed by atoms with Gasteiger partial charge in [0.25, 0.3) is 0 Å². The summed E-state index contributed by atoms with van der Waals surface area (Å²) in [4.78, 5) is 12.1. The first kappa shape index (κ1) is 20.9. The number of benzene rings is 2. The number of hydrogen-bond acceptors (Lipinski definition) is 6. The van der Waals surface area contributed by atoms with Crippen LogP contribution < -0.4 is 10.1 Å². The molecule has 0 bridgehead atoms. The molecular weight excluding hydrogens is 416 g/mol. The van der Waals surface area contributed by atoms with E-state index in [9.17, 15) is 13.2 Å². The molecule has 0 atom stereocenters. The van der Waals surface area contributed by atoms with Gasteiger partial charge in [0.1, 0.15) is 10.6 Å². The fourth-order valence-electron chi connectivity index (χ4n) is 2.67. The van der Waals surface area contributed by atoms with Crippen molar-refractivity contribution in [1.29, 1.82) is 0 Å². The Morgan fingerprint density at radius 3 is 2.52 bits per heavy atom. The van der Waals surface area contributed by atoms with Gasteiger partial charge in [-0.15, -0.1) is 0 Å². The predicted octanol–water partition coefficient (Wildman–Crippen LogP) is 4.11. The number of aryl methyl sites for hydroxylation is 1. The number of methoxy groups -OCH3 is 1. The van der Waals surface area contributed by atoms with Crippen molar-refractivity contribution < 1.29 is 22.5 Å². The normalized spacial score (nSPS) is 11.3. The number of carbonyl (C=O) groups excluding carboxylic acids is 1. The van der Waals surface area contributed by atoms with Crippen molar-refractivity contribution in [1.82, 2.24) is 5.16 Å². The average Bonchev–Trinajstić information content (AvgIpc) is 3.14. The molecule has 3 aromatic rings. The highest BCUT2D eigenvalue weighted by atomic mass is 35.5. The van der Waals surface area contributed by atoms with Crippen molar-refractivity contribution in [3.05, 3.63) is 59.2 Å². The smallest absolute Gasteiger partial charge is 0.225 e. The Labute approximate surface area is 173 Å². The Hall–Kier alpha value is -2.84. The van der Waals surface area contributed by atoms with Crippen LogP contribution in [0.3, 0.4) is 0 Å². The van der Waals surface area contributed by atoms with Crippen molar-refractivity contribution >= 4 is 33.0 Å². The van der Waals surface area contributed by atoms with Crippen LogP contribution >= 0.6 is 11.6 Å². The zero-order valence-corrected chi connectivity index (χ0v) is 17.4. The number of halogens is 1. The van der Waals surface area contributed by atoms with Gasteiger partial charge in [0.2, 0.25) is 5.91 Å². The molecule has 1 heterocycles. The van der Waals surface area contributed by atoms with Crippen LogP contribution in [-0.2, 0) is 14.6 Å². The van der Waals surface area contributed by atoms with Gasteiger partial charge in [-0.2, -0.15) is 0 Å². The maximum absolute atomic E-state index is 12.9. The van der Waals surface area contributed by atoms with Gasteiger partial charge in [-0.1, -0.05) is 16.8 Å². The van der Waals surface area contributed by atoms with E-state index in [0.29, 0.717) is 27.7 Å². The van der Waals surface area contributed by atoms with E-state index in [1.165, 1.54) is 13.2 Å². The van der Waals surface area contributed by atoms with Crippen LogP contribution in [0.1, 0.15) is 12.1 Å². The van der Waals surface area contributed by atoms with E-state index >= 15 is 0 Å². The summed E-state index contributed by atoms with van der Waals surface area (Å²) in [5.74, 6) is -0.149. The largest absolute Gasteiger partial charge is 0.495 e. The van der Waals surface area contributed by atoms with Gasteiger partial charge in [-0.05, 0) is 49.4 Å². The number of ether oxygens (including phenoxy) is 1. The lowest BCUT2D eigenvalue weighted by molar-refractivity contribution is -0.115. The van der Waals surface area contributed by atoms with E-state index in [0.717, 1.165) is 0 Å². The molecule has 0 spiro atoms. The fraction of sp³-hybridized carbons (Fsp3) is 0.200. The summed E-state index contributed by atoms with van der Waals surface area (Å²) in [7, 11) is -2.40. The summed E-state index contributed by atoms with van der Waals surface area (Å²) in [6, 6.07) is 13.0. The number of anilines is 1. The van der Waals surface area contributed by atoms with E-state index in [-0.39, 0.29) is 22.8 Å². The Morgan fingerprint density at radius 1 is 1.17 bits per heavy atom. The summed E-state index contributed by atoms with van der Waals surface area (Å²) >= 11 is 5.81. The van der Waals surface area contributed by atoms with Crippen LogP contribution in [0, 0.1) is 6.92 Å². The second-order valence-electron chi connectivity index (χ2n) is 6.32. The highest BCUT2D eigenvalue weighted by Gasteiger charge is 2.22. The van der Waals surface area contributed by atoms with Crippen molar-refractivity contribution in [2.75, 3.05) is 18.2 Å². The van der Waals surface area contributed by atoms with Gasteiger partial charge in [0.15, 0.2) is 15.6 Å². The Balaban J connectivity index is 1.77. The monoisotopic (exact) mass is 434 g/mol. The second kappa shape index (κ2) is 8.67. The van der Waals surface area contributed by atoms with Crippen LogP contribution in [0.4, 0.5) is 5.69 Å². The minimum atomic E-state index is -3.79. The second-order valence-corrected chi connectivity index (χ2v) is 8.84. The highest BCUT2D eigenvalue weighted by molar-refractivity contribution is 7.91. The predicted molar refractivity (Wildman–Crippen MR) is 110 cm³/mol. The molecule has 152 valence electrons. The average molecular weight is 435 g/mol. The lowest BCUT2D eigenvalue weighted by atomic mass is 10.1. The van der Waals surface area contributed by atoms with Crippen LogP contribution in [0.25, 0.3) is 11.3 Å². The standard InChI is InChI=1S/C20H19ClN2O5S/c1-13-11-18(28-23-13)14-3-8-17(27-2)19(12-14)29(25,26)10-9-20(24)22-16-6-4-15(21)5-7-16/h3-8,11-12H,9-10H2,1-2H3,(H,22,24). The molecule has 1 aromatic heterocycles. The summed E-state index contributed by atoms with van der Waals surface area (Å²) < 4.78 is 36.2. The van der Waals surface area contributed by atoms with E-state index < -0.39 is 15.7 Å². The topological polar surface area (TPSA) is 98.5 Å². The lowest BCUT2D eigenvalue weighted by Gasteiger charge is -2.11. The molecule has 0 aliphatic heterocycles. The third kappa shape index (κ3) is 5.16. The minimum Gasteiger partial charge on any atom is -0.495 e. The molecule has 2 aromatic carbocycles. The molecule has 1 amide bonds. The van der Waals surface area contributed by atoms with Gasteiger partial charge in [0, 0.05) is 28.8 Å². The molecule has 0 radical (unpaired) electrons. The Kier molecular flexibility index (Phi) is 6.24. The summed E-state index contributed by atoms with van der Waals surface area (Å²) in [5.41, 5.74) is 1.77. The molecule has 3 rings (SSSR count). The zero-order valence-electron chi connectivity index (χ0n) is 15.8. The SMILES string of the molecule is COc1ccc(-c2cc(C)no2)cc1S(=O)(=O)CCC(=O)Nc1ccc(Cl)cc1. The number of carbonyl (C=O) groups is 1. The molecule has 0 aliphatic rings. The molecule has 0 saturated carbocycles. The first-order chi connectivity index (χ1) is 13.8. The quantitative estimate of drug-likeness (QED) is 0.600. The Morgan fingerprint density at radius 2 is 1.90 bits per heavy atom. The summed E-state index contributed by atoms with van der Waals surface area (Å²) in [6.45, 7) is 1.77. The molecule has 0 aliphatic carbocycles. The molecule has 0 fully saturated rings. The van der Waals surface area contributed by atoms with E-state index in [4.69, 9.17) is 20.9 Å². The van der Waals surface area contributed by atoms with Crippen molar-refractivity contribution in [2.24, 2.45) is 0 Å². The summed E-state index contributed by atoms with van der Waals surface area (Å²) in [5, 5.41) is 7.00. The Bertz CT molecular complexity index is 1120. The van der Waals surface area contributed by atoms with Crippen LogP contribution in [0.5, 0.6) is 5.75 Å². The molecule has 9 heteroatoms. The third-order valence-electron chi connectivity index (χ3n) is 4.14.